The maximum absolute atomic E-state index is 12.9. The van der Waals surface area contributed by atoms with Gasteiger partial charge in [0.2, 0.25) is 0 Å². The summed E-state index contributed by atoms with van der Waals surface area (Å²) in [5.41, 5.74) is 1.13. The van der Waals surface area contributed by atoms with Crippen LogP contribution in [0, 0.1) is 5.82 Å². The first-order chi connectivity index (χ1) is 8.08. The Hall–Kier alpha value is -1.09. The number of hydrogen-bond donors (Lipinski definition) is 0. The van der Waals surface area contributed by atoms with Gasteiger partial charge in [-0.2, -0.15) is 0 Å². The molecular formula is C14H21FN2. The summed E-state index contributed by atoms with van der Waals surface area (Å²) in [6.45, 7) is 9.86. The van der Waals surface area contributed by atoms with Gasteiger partial charge < -0.3 is 4.90 Å². The van der Waals surface area contributed by atoms with Gasteiger partial charge in [-0.15, -0.1) is 0 Å². The molecule has 1 aromatic carbocycles. The van der Waals surface area contributed by atoms with E-state index in [1.165, 1.54) is 12.1 Å². The molecule has 1 aliphatic rings. The molecule has 3 heteroatoms. The third kappa shape index (κ3) is 2.78. The second kappa shape index (κ2) is 5.05. The van der Waals surface area contributed by atoms with Gasteiger partial charge in [0.15, 0.2) is 0 Å². The summed E-state index contributed by atoms with van der Waals surface area (Å²) in [7, 11) is 0. The highest BCUT2D eigenvalue weighted by molar-refractivity contribution is 5.46. The van der Waals surface area contributed by atoms with Gasteiger partial charge in [0.25, 0.3) is 0 Å². The molecule has 0 aliphatic carbocycles. The molecule has 17 heavy (non-hydrogen) atoms. The summed E-state index contributed by atoms with van der Waals surface area (Å²) >= 11 is 0. The molecule has 2 nitrogen and oxygen atoms in total. The summed E-state index contributed by atoms with van der Waals surface area (Å²) < 4.78 is 12.9. The van der Waals surface area contributed by atoms with Crippen molar-refractivity contribution < 1.29 is 4.39 Å². The van der Waals surface area contributed by atoms with Crippen LogP contribution in [0.4, 0.5) is 10.1 Å². The van der Waals surface area contributed by atoms with Crippen molar-refractivity contribution in [2.45, 2.75) is 32.9 Å². The molecule has 1 heterocycles. The Bertz CT molecular complexity index is 361. The van der Waals surface area contributed by atoms with Gasteiger partial charge >= 0.3 is 0 Å². The molecule has 0 spiro atoms. The van der Waals surface area contributed by atoms with Gasteiger partial charge in [-0.25, -0.2) is 4.39 Å². The van der Waals surface area contributed by atoms with Crippen LogP contribution in [0.1, 0.15) is 20.8 Å². The lowest BCUT2D eigenvalue weighted by Gasteiger charge is -2.43. The zero-order chi connectivity index (χ0) is 12.4. The number of nitrogens with zero attached hydrogens (tertiary/aromatic N) is 2. The maximum atomic E-state index is 12.9. The van der Waals surface area contributed by atoms with Crippen LogP contribution in [-0.2, 0) is 0 Å². The van der Waals surface area contributed by atoms with Crippen molar-refractivity contribution >= 4 is 5.69 Å². The average molecular weight is 236 g/mol. The van der Waals surface area contributed by atoms with Crippen molar-refractivity contribution in [2.75, 3.05) is 24.5 Å². The van der Waals surface area contributed by atoms with E-state index in [0.29, 0.717) is 12.1 Å². The Morgan fingerprint density at radius 3 is 2.35 bits per heavy atom. The number of rotatable bonds is 2. The Morgan fingerprint density at radius 2 is 1.82 bits per heavy atom. The molecule has 0 aromatic heterocycles. The van der Waals surface area contributed by atoms with E-state index in [2.05, 4.69) is 30.6 Å². The Morgan fingerprint density at radius 1 is 1.18 bits per heavy atom. The van der Waals surface area contributed by atoms with Crippen molar-refractivity contribution in [3.63, 3.8) is 0 Å². The summed E-state index contributed by atoms with van der Waals surface area (Å²) in [6.07, 6.45) is 0. The molecule has 1 fully saturated rings. The molecule has 1 aliphatic heterocycles. The van der Waals surface area contributed by atoms with Crippen LogP contribution in [0.3, 0.4) is 0 Å². The Kier molecular flexibility index (Phi) is 3.67. The highest BCUT2D eigenvalue weighted by Gasteiger charge is 2.25. The van der Waals surface area contributed by atoms with Gasteiger partial charge in [0.1, 0.15) is 5.82 Å². The van der Waals surface area contributed by atoms with Gasteiger partial charge in [0.05, 0.1) is 0 Å². The summed E-state index contributed by atoms with van der Waals surface area (Å²) in [5.74, 6) is -0.164. The highest BCUT2D eigenvalue weighted by atomic mass is 19.1. The molecule has 0 unspecified atom stereocenters. The summed E-state index contributed by atoms with van der Waals surface area (Å²) in [5, 5.41) is 0. The fourth-order valence-corrected chi connectivity index (χ4v) is 2.63. The second-order valence-electron chi connectivity index (χ2n) is 5.10. The van der Waals surface area contributed by atoms with E-state index < -0.39 is 0 Å². The predicted octanol–water partition coefficient (Wildman–Crippen LogP) is 2.74. The topological polar surface area (TPSA) is 6.48 Å². The van der Waals surface area contributed by atoms with Crippen molar-refractivity contribution in [3.8, 4) is 0 Å². The minimum absolute atomic E-state index is 0.164. The first-order valence-corrected chi connectivity index (χ1v) is 6.34. The predicted molar refractivity (Wildman–Crippen MR) is 69.9 cm³/mol. The SMILES string of the molecule is CC(C)N1CCN(c2ccc(F)cc2)C[C@H]1C. The van der Waals surface area contributed by atoms with Crippen molar-refractivity contribution in [3.05, 3.63) is 30.1 Å². The maximum Gasteiger partial charge on any atom is 0.123 e. The summed E-state index contributed by atoms with van der Waals surface area (Å²) in [6, 6.07) is 7.96. The van der Waals surface area contributed by atoms with Crippen LogP contribution in [0.15, 0.2) is 24.3 Å². The number of halogens is 1. The second-order valence-corrected chi connectivity index (χ2v) is 5.10. The number of benzene rings is 1. The van der Waals surface area contributed by atoms with Crippen LogP contribution in [0.2, 0.25) is 0 Å². The van der Waals surface area contributed by atoms with E-state index in [-0.39, 0.29) is 5.82 Å². The van der Waals surface area contributed by atoms with Gasteiger partial charge in [-0.1, -0.05) is 0 Å². The molecule has 0 saturated carbocycles. The van der Waals surface area contributed by atoms with Crippen molar-refractivity contribution in [1.82, 2.24) is 4.90 Å². The molecule has 0 bridgehead atoms. The van der Waals surface area contributed by atoms with Crippen LogP contribution < -0.4 is 4.90 Å². The lowest BCUT2D eigenvalue weighted by molar-refractivity contribution is 0.148. The van der Waals surface area contributed by atoms with E-state index in [1.807, 2.05) is 12.1 Å². The third-order valence-electron chi connectivity index (χ3n) is 3.53. The van der Waals surface area contributed by atoms with Crippen LogP contribution in [0.25, 0.3) is 0 Å². The van der Waals surface area contributed by atoms with Crippen LogP contribution in [-0.4, -0.2) is 36.6 Å². The first-order valence-electron chi connectivity index (χ1n) is 6.34. The van der Waals surface area contributed by atoms with E-state index in [4.69, 9.17) is 0 Å². The number of hydrogen-bond acceptors (Lipinski definition) is 2. The largest absolute Gasteiger partial charge is 0.369 e. The summed E-state index contributed by atoms with van der Waals surface area (Å²) in [4.78, 5) is 4.85. The number of piperazine rings is 1. The molecule has 0 radical (unpaired) electrons. The highest BCUT2D eigenvalue weighted by Crippen LogP contribution is 2.20. The van der Waals surface area contributed by atoms with E-state index in [0.717, 1.165) is 25.3 Å². The van der Waals surface area contributed by atoms with Crippen LogP contribution >= 0.6 is 0 Å². The fourth-order valence-electron chi connectivity index (χ4n) is 2.63. The van der Waals surface area contributed by atoms with Crippen LogP contribution in [0.5, 0.6) is 0 Å². The van der Waals surface area contributed by atoms with E-state index in [1.54, 1.807) is 0 Å². The van der Waals surface area contributed by atoms with Gasteiger partial charge in [-0.3, -0.25) is 4.90 Å². The standard InChI is InChI=1S/C14H21FN2/c1-11(2)17-9-8-16(10-12(17)3)14-6-4-13(15)5-7-14/h4-7,11-12H,8-10H2,1-3H3/t12-/m1/s1. The lowest BCUT2D eigenvalue weighted by atomic mass is 10.1. The minimum atomic E-state index is -0.164. The van der Waals surface area contributed by atoms with E-state index in [9.17, 15) is 4.39 Å². The molecule has 0 amide bonds. The molecular weight excluding hydrogens is 215 g/mol. The van der Waals surface area contributed by atoms with E-state index >= 15 is 0 Å². The molecule has 1 aromatic rings. The zero-order valence-electron chi connectivity index (χ0n) is 10.9. The Labute approximate surface area is 103 Å². The van der Waals surface area contributed by atoms with Crippen molar-refractivity contribution in [1.29, 1.82) is 0 Å². The monoisotopic (exact) mass is 236 g/mol. The lowest BCUT2D eigenvalue weighted by Crippen LogP contribution is -2.54. The normalized spacial score (nSPS) is 22.2. The molecule has 94 valence electrons. The fraction of sp³-hybridized carbons (Fsp3) is 0.571. The molecule has 1 atom stereocenters. The quantitative estimate of drug-likeness (QED) is 0.779. The van der Waals surface area contributed by atoms with Gasteiger partial charge in [0, 0.05) is 37.4 Å². The molecule has 2 rings (SSSR count). The Balaban J connectivity index is 2.04. The average Bonchev–Trinajstić information content (AvgIpc) is 2.29. The zero-order valence-corrected chi connectivity index (χ0v) is 10.9. The van der Waals surface area contributed by atoms with Crippen molar-refractivity contribution in [2.24, 2.45) is 0 Å². The van der Waals surface area contributed by atoms with Gasteiger partial charge in [-0.05, 0) is 45.0 Å². The smallest absolute Gasteiger partial charge is 0.123 e. The molecule has 1 saturated heterocycles. The first kappa shape index (κ1) is 12.4. The third-order valence-corrected chi connectivity index (χ3v) is 3.53. The minimum Gasteiger partial charge on any atom is -0.369 e. The number of anilines is 1. The molecule has 0 N–H and O–H groups in total.